The van der Waals surface area contributed by atoms with Gasteiger partial charge in [-0.15, -0.1) is 0 Å². The molecule has 0 radical (unpaired) electrons. The molecular formula is C19H28N2O3S. The summed E-state index contributed by atoms with van der Waals surface area (Å²) in [5.74, 6) is -0.0360. The monoisotopic (exact) mass is 364 g/mol. The first-order valence-corrected chi connectivity index (χ1v) is 10.8. The minimum Gasteiger partial charge on any atom is -0.341 e. The van der Waals surface area contributed by atoms with Gasteiger partial charge in [0.1, 0.15) is 6.04 Å². The molecule has 1 saturated carbocycles. The number of nitrogens with zero attached hydrogens (tertiary/aromatic N) is 2. The smallest absolute Gasteiger partial charge is 0.243 e. The number of likely N-dealkylation sites (N-methyl/N-ethyl adjacent to an activating group) is 1. The molecule has 0 bridgehead atoms. The van der Waals surface area contributed by atoms with Crippen molar-refractivity contribution in [1.82, 2.24) is 9.21 Å². The van der Waals surface area contributed by atoms with E-state index in [0.717, 1.165) is 38.5 Å². The van der Waals surface area contributed by atoms with Gasteiger partial charge in [-0.05, 0) is 37.8 Å². The molecule has 138 valence electrons. The van der Waals surface area contributed by atoms with Crippen LogP contribution in [0.1, 0.15) is 51.4 Å². The molecule has 1 atom stereocenters. The fraction of sp³-hybridized carbons (Fsp3) is 0.632. The van der Waals surface area contributed by atoms with Crippen LogP contribution in [0.5, 0.6) is 0 Å². The standard InChI is InChI=1S/C19H28N2O3S/c1-20(16-10-4-2-5-11-16)19(22)18-14-8-9-15-21(18)25(23,24)17-12-6-3-7-13-17/h3,6-7,12-13,16,18H,2,4-5,8-11,14-15H2,1H3. The van der Waals surface area contributed by atoms with E-state index >= 15 is 0 Å². The first-order valence-electron chi connectivity index (χ1n) is 9.35. The fourth-order valence-corrected chi connectivity index (χ4v) is 5.72. The third-order valence-electron chi connectivity index (χ3n) is 5.56. The lowest BCUT2D eigenvalue weighted by Gasteiger charge is -2.39. The third kappa shape index (κ3) is 3.90. The topological polar surface area (TPSA) is 57.7 Å². The average Bonchev–Trinajstić information content (AvgIpc) is 2.68. The lowest BCUT2D eigenvalue weighted by molar-refractivity contribution is -0.137. The summed E-state index contributed by atoms with van der Waals surface area (Å²) in [6, 6.07) is 8.15. The van der Waals surface area contributed by atoms with Gasteiger partial charge in [-0.1, -0.05) is 43.9 Å². The van der Waals surface area contributed by atoms with Crippen LogP contribution in [0.15, 0.2) is 35.2 Å². The number of amides is 1. The Morgan fingerprint density at radius 3 is 2.32 bits per heavy atom. The van der Waals surface area contributed by atoms with Gasteiger partial charge in [0.05, 0.1) is 4.90 Å². The Morgan fingerprint density at radius 1 is 1.00 bits per heavy atom. The molecule has 25 heavy (non-hydrogen) atoms. The van der Waals surface area contributed by atoms with E-state index in [1.807, 2.05) is 11.9 Å². The molecule has 3 rings (SSSR count). The van der Waals surface area contributed by atoms with Crippen molar-refractivity contribution in [3.05, 3.63) is 30.3 Å². The summed E-state index contributed by atoms with van der Waals surface area (Å²) in [6.07, 6.45) is 7.91. The summed E-state index contributed by atoms with van der Waals surface area (Å²) in [6.45, 7) is 0.423. The van der Waals surface area contributed by atoms with Crippen molar-refractivity contribution in [2.75, 3.05) is 13.6 Å². The lowest BCUT2D eigenvalue weighted by atomic mass is 9.93. The SMILES string of the molecule is CN(C(=O)C1CCCCN1S(=O)(=O)c1ccccc1)C1CCCCC1. The maximum atomic E-state index is 13.1. The zero-order valence-electron chi connectivity index (χ0n) is 14.9. The van der Waals surface area contributed by atoms with E-state index < -0.39 is 16.1 Å². The molecule has 0 aromatic heterocycles. The van der Waals surface area contributed by atoms with Crippen molar-refractivity contribution in [3.63, 3.8) is 0 Å². The van der Waals surface area contributed by atoms with Crippen molar-refractivity contribution in [2.24, 2.45) is 0 Å². The Hall–Kier alpha value is -1.40. The van der Waals surface area contributed by atoms with Crippen LogP contribution in [0.25, 0.3) is 0 Å². The van der Waals surface area contributed by atoms with E-state index in [-0.39, 0.29) is 16.8 Å². The second kappa shape index (κ2) is 7.87. The summed E-state index contributed by atoms with van der Waals surface area (Å²) >= 11 is 0. The zero-order chi connectivity index (χ0) is 17.9. The molecule has 1 unspecified atom stereocenters. The van der Waals surface area contributed by atoms with Gasteiger partial charge >= 0.3 is 0 Å². The Balaban J connectivity index is 1.82. The fourth-order valence-electron chi connectivity index (χ4n) is 4.05. The van der Waals surface area contributed by atoms with Crippen LogP contribution >= 0.6 is 0 Å². The highest BCUT2D eigenvalue weighted by Crippen LogP contribution is 2.28. The molecule has 0 spiro atoms. The molecule has 5 nitrogen and oxygen atoms in total. The number of hydrogen-bond acceptors (Lipinski definition) is 3. The van der Waals surface area contributed by atoms with Gasteiger partial charge in [-0.3, -0.25) is 4.79 Å². The molecule has 2 fully saturated rings. The van der Waals surface area contributed by atoms with Crippen molar-refractivity contribution >= 4 is 15.9 Å². The van der Waals surface area contributed by atoms with Crippen LogP contribution in [-0.4, -0.2) is 49.2 Å². The highest BCUT2D eigenvalue weighted by molar-refractivity contribution is 7.89. The van der Waals surface area contributed by atoms with Gasteiger partial charge < -0.3 is 4.90 Å². The number of rotatable bonds is 4. The molecule has 1 aliphatic heterocycles. The van der Waals surface area contributed by atoms with E-state index in [9.17, 15) is 13.2 Å². The van der Waals surface area contributed by atoms with Crippen LogP contribution < -0.4 is 0 Å². The van der Waals surface area contributed by atoms with Gasteiger partial charge in [0.2, 0.25) is 15.9 Å². The van der Waals surface area contributed by atoms with E-state index in [0.29, 0.717) is 13.0 Å². The maximum absolute atomic E-state index is 13.1. The highest BCUT2D eigenvalue weighted by atomic mass is 32.2. The second-order valence-electron chi connectivity index (χ2n) is 7.18. The normalized spacial score (nSPS) is 23.3. The van der Waals surface area contributed by atoms with Crippen molar-refractivity contribution in [1.29, 1.82) is 0 Å². The van der Waals surface area contributed by atoms with Crippen molar-refractivity contribution in [2.45, 2.75) is 68.3 Å². The zero-order valence-corrected chi connectivity index (χ0v) is 15.7. The maximum Gasteiger partial charge on any atom is 0.243 e. The summed E-state index contributed by atoms with van der Waals surface area (Å²) < 4.78 is 27.6. The predicted octanol–water partition coefficient (Wildman–Crippen LogP) is 3.02. The van der Waals surface area contributed by atoms with E-state index in [2.05, 4.69) is 0 Å². The number of hydrogen-bond donors (Lipinski definition) is 0. The Bertz CT molecular complexity index is 684. The first-order chi connectivity index (χ1) is 12.0. The Kier molecular flexibility index (Phi) is 5.79. The van der Waals surface area contributed by atoms with Crippen LogP contribution in [0.2, 0.25) is 0 Å². The summed E-state index contributed by atoms with van der Waals surface area (Å²) in [5, 5.41) is 0. The van der Waals surface area contributed by atoms with Crippen LogP contribution in [0.3, 0.4) is 0 Å². The van der Waals surface area contributed by atoms with Crippen molar-refractivity contribution < 1.29 is 13.2 Å². The quantitative estimate of drug-likeness (QED) is 0.825. The summed E-state index contributed by atoms with van der Waals surface area (Å²) in [5.41, 5.74) is 0. The number of sulfonamides is 1. The predicted molar refractivity (Wildman–Crippen MR) is 97.6 cm³/mol. The van der Waals surface area contributed by atoms with Crippen LogP contribution in [0, 0.1) is 0 Å². The second-order valence-corrected chi connectivity index (χ2v) is 9.07. The van der Waals surface area contributed by atoms with Gasteiger partial charge in [0, 0.05) is 19.6 Å². The van der Waals surface area contributed by atoms with Gasteiger partial charge in [-0.2, -0.15) is 4.31 Å². The molecule has 1 heterocycles. The number of piperidine rings is 1. The van der Waals surface area contributed by atoms with E-state index in [1.165, 1.54) is 10.7 Å². The molecule has 1 amide bonds. The van der Waals surface area contributed by atoms with Crippen LogP contribution in [0.4, 0.5) is 0 Å². The molecule has 1 aromatic carbocycles. The first kappa shape index (κ1) is 18.4. The third-order valence-corrected chi connectivity index (χ3v) is 7.48. The van der Waals surface area contributed by atoms with Gasteiger partial charge in [0.15, 0.2) is 0 Å². The molecule has 1 aliphatic carbocycles. The van der Waals surface area contributed by atoms with E-state index in [1.54, 1.807) is 30.3 Å². The molecule has 1 aromatic rings. The Labute approximate surface area is 151 Å². The van der Waals surface area contributed by atoms with Crippen LogP contribution in [-0.2, 0) is 14.8 Å². The van der Waals surface area contributed by atoms with Crippen molar-refractivity contribution in [3.8, 4) is 0 Å². The largest absolute Gasteiger partial charge is 0.341 e. The number of benzene rings is 1. The molecule has 1 saturated heterocycles. The Morgan fingerprint density at radius 2 is 1.64 bits per heavy atom. The van der Waals surface area contributed by atoms with Gasteiger partial charge in [0.25, 0.3) is 0 Å². The minimum atomic E-state index is -3.63. The highest BCUT2D eigenvalue weighted by Gasteiger charge is 2.39. The average molecular weight is 365 g/mol. The summed E-state index contributed by atoms with van der Waals surface area (Å²) in [4.78, 5) is 15.2. The molecular weight excluding hydrogens is 336 g/mol. The molecule has 2 aliphatic rings. The van der Waals surface area contributed by atoms with Gasteiger partial charge in [-0.25, -0.2) is 8.42 Å². The summed E-state index contributed by atoms with van der Waals surface area (Å²) in [7, 11) is -1.79. The number of carbonyl (C=O) groups excluding carboxylic acids is 1. The number of carbonyl (C=O) groups is 1. The van der Waals surface area contributed by atoms with E-state index in [4.69, 9.17) is 0 Å². The molecule has 6 heteroatoms. The lowest BCUT2D eigenvalue weighted by Crippen LogP contribution is -2.54. The molecule has 0 N–H and O–H groups in total. The minimum absolute atomic E-state index is 0.0360.